The summed E-state index contributed by atoms with van der Waals surface area (Å²) in [5.74, 6) is 0.944. The van der Waals surface area contributed by atoms with Gasteiger partial charge in [0.15, 0.2) is 5.16 Å². The Kier molecular flexibility index (Phi) is 5.57. The van der Waals surface area contributed by atoms with E-state index in [0.29, 0.717) is 11.4 Å². The number of amides is 1. The van der Waals surface area contributed by atoms with E-state index in [1.807, 2.05) is 37.3 Å². The van der Waals surface area contributed by atoms with Crippen molar-refractivity contribution < 1.29 is 4.79 Å². The highest BCUT2D eigenvalue weighted by Gasteiger charge is 2.20. The number of anilines is 1. The molecule has 0 fully saturated rings. The zero-order valence-corrected chi connectivity index (χ0v) is 17.4. The summed E-state index contributed by atoms with van der Waals surface area (Å²) in [6, 6.07) is 9.37. The molecule has 0 aliphatic carbocycles. The lowest BCUT2D eigenvalue weighted by atomic mass is 10.2. The number of fused-ring (bicyclic) bond motifs is 1. The van der Waals surface area contributed by atoms with Crippen molar-refractivity contribution in [2.45, 2.75) is 44.3 Å². The molecule has 3 aromatic rings. The maximum atomic E-state index is 12.9. The molecule has 1 aromatic carbocycles. The molecule has 0 saturated carbocycles. The predicted molar refractivity (Wildman–Crippen MR) is 113 cm³/mol. The van der Waals surface area contributed by atoms with Gasteiger partial charge in [0.2, 0.25) is 5.91 Å². The molecule has 0 saturated heterocycles. The third kappa shape index (κ3) is 3.87. The molecule has 0 unspecified atom stereocenters. The number of aromatic nitrogens is 5. The van der Waals surface area contributed by atoms with Crippen LogP contribution in [-0.2, 0) is 24.8 Å². The van der Waals surface area contributed by atoms with Crippen LogP contribution in [0.1, 0.15) is 30.8 Å². The van der Waals surface area contributed by atoms with Crippen LogP contribution < -0.4 is 10.9 Å². The summed E-state index contributed by atoms with van der Waals surface area (Å²) < 4.78 is 5.41. The number of nitrogens with zero attached hydrogens (tertiary/aromatic N) is 5. The molecule has 1 N–H and O–H groups in total. The van der Waals surface area contributed by atoms with Gasteiger partial charge in [-0.3, -0.25) is 14.3 Å². The zero-order chi connectivity index (χ0) is 20.4. The normalized spacial score (nSPS) is 13.7. The first-order chi connectivity index (χ1) is 14.1. The summed E-state index contributed by atoms with van der Waals surface area (Å²) in [5.41, 5.74) is 1.52. The lowest BCUT2D eigenvalue weighted by molar-refractivity contribution is -0.113. The lowest BCUT2D eigenvalue weighted by Gasteiger charge is -2.07. The minimum Gasteiger partial charge on any atom is -0.319 e. The SMILES string of the molecule is Cc1c(NC(=O)CSc2nnc3n2CCCCC3)c(=O)n(-c2ccccc2)n1C. The molecular formula is C20H24N6O2S. The summed E-state index contributed by atoms with van der Waals surface area (Å²) in [6.45, 7) is 2.72. The number of carbonyl (C=O) groups excluding carboxylic acids is 1. The monoisotopic (exact) mass is 412 g/mol. The molecule has 1 aliphatic heterocycles. The van der Waals surface area contributed by atoms with Crippen LogP contribution >= 0.6 is 11.8 Å². The van der Waals surface area contributed by atoms with Crippen molar-refractivity contribution in [3.05, 3.63) is 52.2 Å². The van der Waals surface area contributed by atoms with E-state index in [4.69, 9.17) is 0 Å². The van der Waals surface area contributed by atoms with Crippen molar-refractivity contribution in [3.8, 4) is 5.69 Å². The van der Waals surface area contributed by atoms with E-state index >= 15 is 0 Å². The molecule has 0 atom stereocenters. The van der Waals surface area contributed by atoms with Crippen molar-refractivity contribution in [3.63, 3.8) is 0 Å². The Morgan fingerprint density at radius 3 is 2.76 bits per heavy atom. The molecule has 3 heterocycles. The third-order valence-corrected chi connectivity index (χ3v) is 6.19. The lowest BCUT2D eigenvalue weighted by Crippen LogP contribution is -2.23. The summed E-state index contributed by atoms with van der Waals surface area (Å²) in [7, 11) is 1.81. The van der Waals surface area contributed by atoms with Crippen molar-refractivity contribution in [2.75, 3.05) is 11.1 Å². The Hall–Kier alpha value is -2.81. The number of hydrogen-bond acceptors (Lipinski definition) is 5. The molecular weight excluding hydrogens is 388 g/mol. The Bertz CT molecular complexity index is 1080. The molecule has 8 nitrogen and oxygen atoms in total. The number of para-hydroxylation sites is 1. The van der Waals surface area contributed by atoms with Crippen LogP contribution in [0.5, 0.6) is 0 Å². The Labute approximate surface area is 172 Å². The molecule has 29 heavy (non-hydrogen) atoms. The molecule has 1 aliphatic rings. The molecule has 0 bridgehead atoms. The first-order valence-electron chi connectivity index (χ1n) is 9.75. The summed E-state index contributed by atoms with van der Waals surface area (Å²) in [5, 5.41) is 12.1. The number of hydrogen-bond donors (Lipinski definition) is 1. The van der Waals surface area contributed by atoms with Crippen LogP contribution in [0.15, 0.2) is 40.3 Å². The number of nitrogens with one attached hydrogen (secondary N) is 1. The van der Waals surface area contributed by atoms with Gasteiger partial charge in [0, 0.05) is 20.0 Å². The average Bonchev–Trinajstić information content (AvgIpc) is 3.08. The second-order valence-electron chi connectivity index (χ2n) is 7.13. The maximum Gasteiger partial charge on any atom is 0.295 e. The fraction of sp³-hybridized carbons (Fsp3) is 0.400. The molecule has 1 amide bonds. The highest BCUT2D eigenvalue weighted by molar-refractivity contribution is 7.99. The van der Waals surface area contributed by atoms with Crippen molar-refractivity contribution in [1.29, 1.82) is 0 Å². The van der Waals surface area contributed by atoms with E-state index in [0.717, 1.165) is 42.5 Å². The number of rotatable bonds is 5. The van der Waals surface area contributed by atoms with Crippen LogP contribution in [-0.4, -0.2) is 35.8 Å². The standard InChI is InChI=1S/C20H24N6O2S/c1-14-18(19(28)26(24(14)2)15-9-5-3-6-10-15)21-17(27)13-29-20-23-22-16-11-7-4-8-12-25(16)20/h3,5-6,9-10H,4,7-8,11-13H2,1-2H3,(H,21,27). The molecule has 2 aromatic heterocycles. The second kappa shape index (κ2) is 8.28. The van der Waals surface area contributed by atoms with Gasteiger partial charge in [-0.05, 0) is 31.9 Å². The van der Waals surface area contributed by atoms with Gasteiger partial charge in [0.1, 0.15) is 11.5 Å². The van der Waals surface area contributed by atoms with Crippen molar-refractivity contribution in [1.82, 2.24) is 24.1 Å². The van der Waals surface area contributed by atoms with E-state index in [2.05, 4.69) is 20.1 Å². The molecule has 0 radical (unpaired) electrons. The van der Waals surface area contributed by atoms with Crippen LogP contribution in [0.4, 0.5) is 5.69 Å². The van der Waals surface area contributed by atoms with Crippen LogP contribution in [0.25, 0.3) is 5.69 Å². The van der Waals surface area contributed by atoms with Crippen LogP contribution in [0, 0.1) is 6.92 Å². The van der Waals surface area contributed by atoms with Gasteiger partial charge in [-0.1, -0.05) is 36.4 Å². The fourth-order valence-electron chi connectivity index (χ4n) is 3.58. The van der Waals surface area contributed by atoms with Gasteiger partial charge in [0.25, 0.3) is 5.56 Å². The smallest absolute Gasteiger partial charge is 0.295 e. The Morgan fingerprint density at radius 2 is 1.97 bits per heavy atom. The Morgan fingerprint density at radius 1 is 1.17 bits per heavy atom. The maximum absolute atomic E-state index is 12.9. The van der Waals surface area contributed by atoms with Crippen LogP contribution in [0.3, 0.4) is 0 Å². The summed E-state index contributed by atoms with van der Waals surface area (Å²) >= 11 is 1.36. The zero-order valence-electron chi connectivity index (χ0n) is 16.6. The molecule has 4 rings (SSSR count). The van der Waals surface area contributed by atoms with Crippen molar-refractivity contribution in [2.24, 2.45) is 7.05 Å². The minimum absolute atomic E-state index is 0.178. The van der Waals surface area contributed by atoms with Gasteiger partial charge in [-0.25, -0.2) is 4.68 Å². The average molecular weight is 413 g/mol. The van der Waals surface area contributed by atoms with E-state index in [-0.39, 0.29) is 17.2 Å². The first-order valence-corrected chi connectivity index (χ1v) is 10.7. The van der Waals surface area contributed by atoms with E-state index in [9.17, 15) is 9.59 Å². The first kappa shape index (κ1) is 19.5. The quantitative estimate of drug-likeness (QED) is 0.651. The number of benzene rings is 1. The van der Waals surface area contributed by atoms with Gasteiger partial charge in [0.05, 0.1) is 17.1 Å². The topological polar surface area (TPSA) is 86.7 Å². The minimum atomic E-state index is -0.245. The Balaban J connectivity index is 1.48. The number of thioether (sulfide) groups is 1. The third-order valence-electron chi connectivity index (χ3n) is 5.23. The highest BCUT2D eigenvalue weighted by atomic mass is 32.2. The van der Waals surface area contributed by atoms with E-state index in [1.54, 1.807) is 16.4 Å². The van der Waals surface area contributed by atoms with Gasteiger partial charge < -0.3 is 9.88 Å². The van der Waals surface area contributed by atoms with Gasteiger partial charge in [-0.15, -0.1) is 10.2 Å². The van der Waals surface area contributed by atoms with Gasteiger partial charge in [-0.2, -0.15) is 0 Å². The fourth-order valence-corrected chi connectivity index (χ4v) is 4.37. The summed E-state index contributed by atoms with van der Waals surface area (Å²) in [4.78, 5) is 25.5. The van der Waals surface area contributed by atoms with Crippen LogP contribution in [0.2, 0.25) is 0 Å². The number of aryl methyl sites for hydroxylation is 1. The molecule has 152 valence electrons. The number of carbonyl (C=O) groups is 1. The van der Waals surface area contributed by atoms with Crippen molar-refractivity contribution >= 4 is 23.4 Å². The summed E-state index contributed by atoms with van der Waals surface area (Å²) in [6.07, 6.45) is 4.36. The predicted octanol–water partition coefficient (Wildman–Crippen LogP) is 2.53. The highest BCUT2D eigenvalue weighted by Crippen LogP contribution is 2.22. The van der Waals surface area contributed by atoms with E-state index in [1.165, 1.54) is 18.2 Å². The van der Waals surface area contributed by atoms with E-state index < -0.39 is 0 Å². The molecule has 0 spiro atoms. The van der Waals surface area contributed by atoms with Gasteiger partial charge >= 0.3 is 0 Å². The second-order valence-corrected chi connectivity index (χ2v) is 8.08. The largest absolute Gasteiger partial charge is 0.319 e. The molecule has 9 heteroatoms.